The average Bonchev–Trinajstić information content (AvgIpc) is 2.61. The molecule has 3 aliphatic carbocycles. The first-order chi connectivity index (χ1) is 11.7. The Bertz CT molecular complexity index is 676. The summed E-state index contributed by atoms with van der Waals surface area (Å²) in [5.41, 5.74) is 2.48. The molecule has 3 nitrogen and oxygen atoms in total. The lowest BCUT2D eigenvalue weighted by molar-refractivity contribution is 0.0937. The minimum Gasteiger partial charge on any atom is -0.508 e. The van der Waals surface area contributed by atoms with Gasteiger partial charge in [0.15, 0.2) is 0 Å². The maximum atomic E-state index is 10.2. The summed E-state index contributed by atoms with van der Waals surface area (Å²) in [5, 5.41) is 29.8. The Morgan fingerprint density at radius 3 is 2.62 bits per heavy atom. The normalized spacial score (nSPS) is 35.0. The molecule has 3 aliphatic rings. The first kappa shape index (κ1) is 15.8. The molecular formula is C21H26O3. The second-order valence-corrected chi connectivity index (χ2v) is 7.62. The summed E-state index contributed by atoms with van der Waals surface area (Å²) in [7, 11) is 0. The Labute approximate surface area is 143 Å². The zero-order valence-electron chi connectivity index (χ0n) is 13.9. The predicted octanol–water partition coefficient (Wildman–Crippen LogP) is 4.39. The van der Waals surface area contributed by atoms with Crippen LogP contribution < -0.4 is 0 Å². The lowest BCUT2D eigenvalue weighted by Crippen LogP contribution is -2.40. The minimum absolute atomic E-state index is 0.114. The van der Waals surface area contributed by atoms with E-state index in [0.717, 1.165) is 6.42 Å². The second kappa shape index (κ2) is 6.29. The molecule has 1 unspecified atom stereocenters. The molecule has 3 N–H and O–H groups in total. The van der Waals surface area contributed by atoms with Crippen LogP contribution in [0.5, 0.6) is 5.75 Å². The maximum absolute atomic E-state index is 10.2. The monoisotopic (exact) mass is 326 g/mol. The number of rotatable bonds is 2. The van der Waals surface area contributed by atoms with Crippen LogP contribution >= 0.6 is 0 Å². The fourth-order valence-corrected chi connectivity index (χ4v) is 5.48. The zero-order chi connectivity index (χ0) is 16.7. The van der Waals surface area contributed by atoms with Crippen molar-refractivity contribution >= 4 is 0 Å². The van der Waals surface area contributed by atoms with Crippen molar-refractivity contribution in [3.05, 3.63) is 53.3 Å². The predicted molar refractivity (Wildman–Crippen MR) is 94.1 cm³/mol. The van der Waals surface area contributed by atoms with Gasteiger partial charge in [-0.05, 0) is 78.3 Å². The molecule has 3 heteroatoms. The first-order valence-electron chi connectivity index (χ1n) is 9.20. The van der Waals surface area contributed by atoms with E-state index in [1.165, 1.54) is 36.8 Å². The van der Waals surface area contributed by atoms with Crippen LogP contribution in [0, 0.1) is 17.8 Å². The number of aliphatic hydroxyl groups is 2. The van der Waals surface area contributed by atoms with E-state index in [2.05, 4.69) is 6.08 Å². The molecule has 128 valence electrons. The van der Waals surface area contributed by atoms with Crippen molar-refractivity contribution < 1.29 is 15.3 Å². The molecule has 0 spiro atoms. The fraction of sp³-hybridized carbons (Fsp3) is 0.524. The van der Waals surface area contributed by atoms with Gasteiger partial charge in [-0.2, -0.15) is 0 Å². The molecule has 1 fully saturated rings. The Morgan fingerprint density at radius 2 is 1.88 bits per heavy atom. The number of hydrogen-bond donors (Lipinski definition) is 3. The molecule has 0 saturated heterocycles. The van der Waals surface area contributed by atoms with Crippen LogP contribution in [0.25, 0.3) is 0 Å². The van der Waals surface area contributed by atoms with Crippen molar-refractivity contribution in [2.75, 3.05) is 6.61 Å². The van der Waals surface area contributed by atoms with E-state index in [-0.39, 0.29) is 12.5 Å². The van der Waals surface area contributed by atoms with Crippen LogP contribution in [0.3, 0.4) is 0 Å². The van der Waals surface area contributed by atoms with Gasteiger partial charge in [-0.15, -0.1) is 0 Å². The third kappa shape index (κ3) is 2.55. The molecule has 24 heavy (non-hydrogen) atoms. The third-order valence-electron chi connectivity index (χ3n) is 6.45. The fourth-order valence-electron chi connectivity index (χ4n) is 5.48. The van der Waals surface area contributed by atoms with Crippen molar-refractivity contribution in [3.8, 4) is 5.75 Å². The Kier molecular flexibility index (Phi) is 4.13. The summed E-state index contributed by atoms with van der Waals surface area (Å²) in [6, 6.07) is 5.70. The summed E-state index contributed by atoms with van der Waals surface area (Å²) in [6.45, 7) is 0.145. The van der Waals surface area contributed by atoms with E-state index in [9.17, 15) is 15.3 Å². The van der Waals surface area contributed by atoms with Crippen molar-refractivity contribution in [2.45, 2.75) is 43.9 Å². The van der Waals surface area contributed by atoms with Crippen LogP contribution in [0.2, 0.25) is 0 Å². The van der Waals surface area contributed by atoms with Crippen molar-refractivity contribution in [2.24, 2.45) is 17.8 Å². The highest BCUT2D eigenvalue weighted by atomic mass is 16.3. The van der Waals surface area contributed by atoms with Gasteiger partial charge in [0.05, 0.1) is 6.61 Å². The molecule has 0 bridgehead atoms. The standard InChI is InChI=1S/C21H26O3/c22-12-20-17-10-9-15(24)11-19(17)16-3-1-2-4-18(16)21(20)13-5-7-14(23)8-6-13/h5,7-11,13,16,18,20-24H,1-4,6,12H2/t13?,16-,18+,20+,21+/m1/s1. The van der Waals surface area contributed by atoms with E-state index in [4.69, 9.17) is 0 Å². The number of allylic oxidation sites excluding steroid dienone is 3. The minimum atomic E-state index is 0.114. The largest absolute Gasteiger partial charge is 0.508 e. The topological polar surface area (TPSA) is 60.7 Å². The quantitative estimate of drug-likeness (QED) is 0.755. The summed E-state index contributed by atoms with van der Waals surface area (Å²) in [6.07, 6.45) is 11.6. The van der Waals surface area contributed by atoms with E-state index in [0.29, 0.717) is 35.2 Å². The lowest BCUT2D eigenvalue weighted by Gasteiger charge is -2.49. The molecule has 0 radical (unpaired) electrons. The van der Waals surface area contributed by atoms with E-state index < -0.39 is 0 Å². The average molecular weight is 326 g/mol. The molecule has 0 heterocycles. The van der Waals surface area contributed by atoms with Crippen molar-refractivity contribution in [1.29, 1.82) is 0 Å². The molecule has 0 aromatic heterocycles. The van der Waals surface area contributed by atoms with Crippen LogP contribution in [0.4, 0.5) is 0 Å². The maximum Gasteiger partial charge on any atom is 0.115 e. The zero-order valence-corrected chi connectivity index (χ0v) is 13.9. The van der Waals surface area contributed by atoms with Crippen LogP contribution in [-0.4, -0.2) is 21.9 Å². The molecular weight excluding hydrogens is 300 g/mol. The SMILES string of the molecule is OC[C@H]1c2ccc(O)cc2[C@@H]2CCCC[C@@H]2[C@@H]1C1C=CC(O)=CC1. The summed E-state index contributed by atoms with van der Waals surface area (Å²) in [5.74, 6) is 2.61. The van der Waals surface area contributed by atoms with E-state index in [1.807, 2.05) is 24.3 Å². The third-order valence-corrected chi connectivity index (χ3v) is 6.45. The number of aromatic hydroxyl groups is 1. The number of hydrogen-bond acceptors (Lipinski definition) is 3. The van der Waals surface area contributed by atoms with Crippen molar-refractivity contribution in [3.63, 3.8) is 0 Å². The van der Waals surface area contributed by atoms with E-state index in [1.54, 1.807) is 6.07 Å². The molecule has 1 aromatic carbocycles. The smallest absolute Gasteiger partial charge is 0.115 e. The van der Waals surface area contributed by atoms with Crippen LogP contribution in [0.15, 0.2) is 42.2 Å². The Hall–Kier alpha value is -1.74. The van der Waals surface area contributed by atoms with Gasteiger partial charge in [-0.25, -0.2) is 0 Å². The molecule has 4 rings (SSSR count). The second-order valence-electron chi connectivity index (χ2n) is 7.62. The highest BCUT2D eigenvalue weighted by molar-refractivity contribution is 5.43. The number of phenols is 1. The van der Waals surface area contributed by atoms with Gasteiger partial charge in [0.2, 0.25) is 0 Å². The van der Waals surface area contributed by atoms with E-state index >= 15 is 0 Å². The van der Waals surface area contributed by atoms with Crippen molar-refractivity contribution in [1.82, 2.24) is 0 Å². The highest BCUT2D eigenvalue weighted by Gasteiger charge is 2.45. The molecule has 5 atom stereocenters. The number of benzene rings is 1. The number of phenolic OH excluding ortho intramolecular Hbond substituents is 1. The summed E-state index contributed by atoms with van der Waals surface area (Å²) < 4.78 is 0. The lowest BCUT2D eigenvalue weighted by atomic mass is 9.56. The van der Waals surface area contributed by atoms with Gasteiger partial charge >= 0.3 is 0 Å². The summed E-state index contributed by atoms with van der Waals surface area (Å²) >= 11 is 0. The Morgan fingerprint density at radius 1 is 1.04 bits per heavy atom. The van der Waals surface area contributed by atoms with Crippen LogP contribution in [0.1, 0.15) is 55.1 Å². The van der Waals surface area contributed by atoms with Gasteiger partial charge in [-0.1, -0.05) is 25.0 Å². The molecule has 1 aromatic rings. The highest BCUT2D eigenvalue weighted by Crippen LogP contribution is 2.56. The molecule has 1 saturated carbocycles. The van der Waals surface area contributed by atoms with Gasteiger partial charge in [0.25, 0.3) is 0 Å². The first-order valence-corrected chi connectivity index (χ1v) is 9.20. The van der Waals surface area contributed by atoms with Gasteiger partial charge in [-0.3, -0.25) is 0 Å². The summed E-state index contributed by atoms with van der Waals surface area (Å²) in [4.78, 5) is 0. The van der Waals surface area contributed by atoms with Crippen LogP contribution in [-0.2, 0) is 0 Å². The number of fused-ring (bicyclic) bond motifs is 3. The number of aliphatic hydroxyl groups excluding tert-OH is 2. The molecule has 0 amide bonds. The molecule has 0 aliphatic heterocycles. The van der Waals surface area contributed by atoms with Gasteiger partial charge in [0, 0.05) is 5.92 Å². The van der Waals surface area contributed by atoms with Gasteiger partial charge in [0.1, 0.15) is 11.5 Å². The Balaban J connectivity index is 1.78. The van der Waals surface area contributed by atoms with Gasteiger partial charge < -0.3 is 15.3 Å².